The van der Waals surface area contributed by atoms with Crippen LogP contribution in [0.2, 0.25) is 10.0 Å². The van der Waals surface area contributed by atoms with Crippen molar-refractivity contribution in [2.45, 2.75) is 0 Å². The molecule has 0 amide bonds. The molecule has 0 saturated carbocycles. The molecule has 5 heteroatoms. The van der Waals surface area contributed by atoms with Gasteiger partial charge in [-0.05, 0) is 42.5 Å². The molecule has 2 aromatic carbocycles. The number of ketones is 1. The Kier molecular flexibility index (Phi) is 5.26. The first-order valence-electron chi connectivity index (χ1n) is 6.16. The molecule has 2 aromatic rings. The second-order valence-corrected chi connectivity index (χ2v) is 5.01. The molecule has 3 nitrogen and oxygen atoms in total. The highest BCUT2D eigenvalue weighted by atomic mass is 35.5. The number of rotatable bonds is 5. The molecule has 0 aliphatic heterocycles. The maximum Gasteiger partial charge on any atom is 0.187 e. The molecule has 0 spiro atoms. The van der Waals surface area contributed by atoms with Crippen molar-refractivity contribution in [2.75, 3.05) is 12.4 Å². The number of carbonyl (C=O) groups is 1. The Morgan fingerprint density at radius 2 is 1.81 bits per heavy atom. The van der Waals surface area contributed by atoms with Crippen LogP contribution in [0, 0.1) is 0 Å². The Bertz CT molecular complexity index is 666. The standard InChI is InChI=1S/C16H13Cl2NO2/c1-21-13-5-3-12(4-6-13)19-9-8-16(20)11-2-7-14(17)15(18)10-11/h2-10,19H,1H3/b9-8+. The van der Waals surface area contributed by atoms with Crippen LogP contribution in [0.15, 0.2) is 54.7 Å². The summed E-state index contributed by atoms with van der Waals surface area (Å²) < 4.78 is 5.07. The zero-order chi connectivity index (χ0) is 15.2. The summed E-state index contributed by atoms with van der Waals surface area (Å²) >= 11 is 11.7. The van der Waals surface area contributed by atoms with Gasteiger partial charge in [-0.25, -0.2) is 0 Å². The highest BCUT2D eigenvalue weighted by molar-refractivity contribution is 6.42. The van der Waals surface area contributed by atoms with E-state index in [9.17, 15) is 4.79 Å². The molecule has 0 saturated heterocycles. The third-order valence-corrected chi connectivity index (χ3v) is 3.52. The minimum absolute atomic E-state index is 0.158. The maximum atomic E-state index is 12.0. The van der Waals surface area contributed by atoms with E-state index in [0.29, 0.717) is 15.6 Å². The minimum atomic E-state index is -0.158. The number of ether oxygens (including phenoxy) is 1. The van der Waals surface area contributed by atoms with Crippen LogP contribution in [0.5, 0.6) is 5.75 Å². The van der Waals surface area contributed by atoms with Gasteiger partial charge < -0.3 is 10.1 Å². The van der Waals surface area contributed by atoms with Gasteiger partial charge in [-0.15, -0.1) is 0 Å². The topological polar surface area (TPSA) is 38.3 Å². The van der Waals surface area contributed by atoms with E-state index in [1.807, 2.05) is 24.3 Å². The number of hydrogen-bond donors (Lipinski definition) is 1. The molecule has 0 aliphatic carbocycles. The Labute approximate surface area is 133 Å². The molecule has 1 N–H and O–H groups in total. The van der Waals surface area contributed by atoms with Crippen molar-refractivity contribution in [3.05, 3.63) is 70.3 Å². The third-order valence-electron chi connectivity index (χ3n) is 2.78. The van der Waals surface area contributed by atoms with Gasteiger partial charge in [0.15, 0.2) is 5.78 Å². The predicted molar refractivity (Wildman–Crippen MR) is 86.5 cm³/mol. The van der Waals surface area contributed by atoms with Gasteiger partial charge >= 0.3 is 0 Å². The zero-order valence-corrected chi connectivity index (χ0v) is 12.8. The molecule has 0 unspecified atom stereocenters. The summed E-state index contributed by atoms with van der Waals surface area (Å²) in [5.41, 5.74) is 1.34. The highest BCUT2D eigenvalue weighted by Crippen LogP contribution is 2.23. The molecule has 0 aliphatic rings. The predicted octanol–water partition coefficient (Wildman–Crippen LogP) is 4.81. The van der Waals surface area contributed by atoms with Crippen LogP contribution >= 0.6 is 23.2 Å². The zero-order valence-electron chi connectivity index (χ0n) is 11.3. The number of anilines is 1. The highest BCUT2D eigenvalue weighted by Gasteiger charge is 2.04. The second-order valence-electron chi connectivity index (χ2n) is 4.20. The van der Waals surface area contributed by atoms with Crippen LogP contribution in [-0.4, -0.2) is 12.9 Å². The summed E-state index contributed by atoms with van der Waals surface area (Å²) in [6.45, 7) is 0. The first-order valence-corrected chi connectivity index (χ1v) is 6.92. The molecule has 0 fully saturated rings. The van der Waals surface area contributed by atoms with Crippen molar-refractivity contribution < 1.29 is 9.53 Å². The summed E-state index contributed by atoms with van der Waals surface area (Å²) in [5.74, 6) is 0.617. The van der Waals surface area contributed by atoms with Crippen molar-refractivity contribution in [3.8, 4) is 5.75 Å². The molecule has 0 heterocycles. The lowest BCUT2D eigenvalue weighted by Crippen LogP contribution is -1.96. The van der Waals surface area contributed by atoms with Gasteiger partial charge in [-0.2, -0.15) is 0 Å². The maximum absolute atomic E-state index is 12.0. The number of nitrogens with one attached hydrogen (secondary N) is 1. The number of hydrogen-bond acceptors (Lipinski definition) is 3. The Morgan fingerprint density at radius 3 is 2.43 bits per heavy atom. The van der Waals surface area contributed by atoms with Crippen LogP contribution in [-0.2, 0) is 0 Å². The number of benzene rings is 2. The molecular formula is C16H13Cl2NO2. The normalized spacial score (nSPS) is 10.6. The summed E-state index contributed by atoms with van der Waals surface area (Å²) in [5, 5.41) is 3.79. The Morgan fingerprint density at radius 1 is 1.10 bits per heavy atom. The van der Waals surface area contributed by atoms with Crippen LogP contribution in [0.3, 0.4) is 0 Å². The summed E-state index contributed by atoms with van der Waals surface area (Å²) in [7, 11) is 1.61. The van der Waals surface area contributed by atoms with Gasteiger partial charge in [0.2, 0.25) is 0 Å². The molecule has 108 valence electrons. The van der Waals surface area contributed by atoms with Crippen LogP contribution in [0.1, 0.15) is 10.4 Å². The van der Waals surface area contributed by atoms with Crippen molar-refractivity contribution >= 4 is 34.7 Å². The fraction of sp³-hybridized carbons (Fsp3) is 0.0625. The minimum Gasteiger partial charge on any atom is -0.497 e. The van der Waals surface area contributed by atoms with E-state index in [2.05, 4.69) is 5.32 Å². The first-order chi connectivity index (χ1) is 10.1. The Hall–Kier alpha value is -1.97. The van der Waals surface area contributed by atoms with Gasteiger partial charge in [-0.3, -0.25) is 4.79 Å². The van der Waals surface area contributed by atoms with Gasteiger partial charge in [0.25, 0.3) is 0 Å². The largest absolute Gasteiger partial charge is 0.497 e. The quantitative estimate of drug-likeness (QED) is 0.634. The summed E-state index contributed by atoms with van der Waals surface area (Å²) in [6, 6.07) is 12.1. The lowest BCUT2D eigenvalue weighted by Gasteiger charge is -2.03. The van der Waals surface area contributed by atoms with E-state index >= 15 is 0 Å². The SMILES string of the molecule is COc1ccc(N/C=C/C(=O)c2ccc(Cl)c(Cl)c2)cc1. The molecule has 0 bridgehead atoms. The number of allylic oxidation sites excluding steroid dienone is 1. The second kappa shape index (κ2) is 7.16. The van der Waals surface area contributed by atoms with Gasteiger partial charge in [0.05, 0.1) is 17.2 Å². The molecule has 2 rings (SSSR count). The smallest absolute Gasteiger partial charge is 0.187 e. The Balaban J connectivity index is 1.99. The van der Waals surface area contributed by atoms with E-state index in [4.69, 9.17) is 27.9 Å². The fourth-order valence-corrected chi connectivity index (χ4v) is 1.94. The molecule has 0 aromatic heterocycles. The van der Waals surface area contributed by atoms with Crippen LogP contribution in [0.25, 0.3) is 0 Å². The van der Waals surface area contributed by atoms with E-state index in [1.165, 1.54) is 6.08 Å². The third kappa shape index (κ3) is 4.25. The number of methoxy groups -OCH3 is 1. The van der Waals surface area contributed by atoms with Crippen molar-refractivity contribution in [2.24, 2.45) is 0 Å². The fourth-order valence-electron chi connectivity index (χ4n) is 1.65. The van der Waals surface area contributed by atoms with E-state index in [0.717, 1.165) is 11.4 Å². The lowest BCUT2D eigenvalue weighted by molar-refractivity contribution is 0.104. The average molecular weight is 322 g/mol. The molecule has 0 radical (unpaired) electrons. The lowest BCUT2D eigenvalue weighted by atomic mass is 10.1. The van der Waals surface area contributed by atoms with Gasteiger partial charge in [-0.1, -0.05) is 23.2 Å². The van der Waals surface area contributed by atoms with E-state index in [1.54, 1.807) is 31.5 Å². The summed E-state index contributed by atoms with van der Waals surface area (Å²) in [6.07, 6.45) is 3.01. The van der Waals surface area contributed by atoms with Crippen molar-refractivity contribution in [1.29, 1.82) is 0 Å². The van der Waals surface area contributed by atoms with Crippen LogP contribution in [0.4, 0.5) is 5.69 Å². The number of halogens is 2. The summed E-state index contributed by atoms with van der Waals surface area (Å²) in [4.78, 5) is 12.0. The van der Waals surface area contributed by atoms with Crippen molar-refractivity contribution in [1.82, 2.24) is 0 Å². The number of carbonyl (C=O) groups excluding carboxylic acids is 1. The first kappa shape index (κ1) is 15.4. The average Bonchev–Trinajstić information content (AvgIpc) is 2.50. The van der Waals surface area contributed by atoms with Gasteiger partial charge in [0, 0.05) is 23.5 Å². The van der Waals surface area contributed by atoms with E-state index < -0.39 is 0 Å². The van der Waals surface area contributed by atoms with Crippen LogP contribution < -0.4 is 10.1 Å². The molecule has 21 heavy (non-hydrogen) atoms. The molecule has 0 atom stereocenters. The monoisotopic (exact) mass is 321 g/mol. The van der Waals surface area contributed by atoms with Gasteiger partial charge in [0.1, 0.15) is 5.75 Å². The molecular weight excluding hydrogens is 309 g/mol. The van der Waals surface area contributed by atoms with E-state index in [-0.39, 0.29) is 5.78 Å². The van der Waals surface area contributed by atoms with Crippen molar-refractivity contribution in [3.63, 3.8) is 0 Å².